The van der Waals surface area contributed by atoms with Crippen molar-refractivity contribution < 1.29 is 33.5 Å². The predicted octanol–water partition coefficient (Wildman–Crippen LogP) is 3.42. The second-order valence-corrected chi connectivity index (χ2v) is 15.7. The summed E-state index contributed by atoms with van der Waals surface area (Å²) in [6, 6.07) is -1.78. The molecule has 0 spiro atoms. The van der Waals surface area contributed by atoms with Gasteiger partial charge < -0.3 is 31.3 Å². The van der Waals surface area contributed by atoms with Gasteiger partial charge in [-0.1, -0.05) is 66.7 Å². The van der Waals surface area contributed by atoms with Crippen LogP contribution < -0.4 is 21.7 Å². The van der Waals surface area contributed by atoms with Gasteiger partial charge in [0.25, 0.3) is 5.91 Å². The van der Waals surface area contributed by atoms with Crippen molar-refractivity contribution in [1.29, 1.82) is 0 Å². The number of primary amides is 1. The van der Waals surface area contributed by atoms with Gasteiger partial charge in [0.05, 0.1) is 6.04 Å². The molecule has 5 amide bonds. The molecular formula is C34H51N5O7S. The van der Waals surface area contributed by atoms with Crippen LogP contribution in [-0.4, -0.2) is 70.6 Å². The minimum atomic E-state index is -1.22. The van der Waals surface area contributed by atoms with Crippen LogP contribution >= 0.6 is 11.3 Å². The minimum absolute atomic E-state index is 0.0351. The van der Waals surface area contributed by atoms with E-state index < -0.39 is 64.6 Å². The summed E-state index contributed by atoms with van der Waals surface area (Å²) in [7, 11) is 0. The van der Waals surface area contributed by atoms with Crippen LogP contribution in [0, 0.1) is 23.2 Å². The first kappa shape index (κ1) is 36.4. The highest BCUT2D eigenvalue weighted by Gasteiger charge is 2.49. The van der Waals surface area contributed by atoms with Crippen molar-refractivity contribution in [3.05, 3.63) is 22.4 Å². The molecule has 3 aliphatic rings. The van der Waals surface area contributed by atoms with Crippen molar-refractivity contribution in [2.45, 2.75) is 123 Å². The monoisotopic (exact) mass is 673 g/mol. The molecule has 0 radical (unpaired) electrons. The molecule has 47 heavy (non-hydrogen) atoms. The Labute approximate surface area is 281 Å². The number of ketones is 1. The smallest absolute Gasteiger partial charge is 0.332 e. The Kier molecular flexibility index (Phi) is 11.7. The molecule has 5 N–H and O–H groups in total. The minimum Gasteiger partial charge on any atom is -0.459 e. The molecule has 1 saturated heterocycles. The molecule has 1 aliphatic heterocycles. The molecule has 1 aromatic heterocycles. The number of ether oxygens (including phenoxy) is 1. The van der Waals surface area contributed by atoms with E-state index in [0.29, 0.717) is 25.7 Å². The molecule has 12 nitrogen and oxygen atoms in total. The summed E-state index contributed by atoms with van der Waals surface area (Å²) in [6.07, 6.45) is 5.98. The third-order valence-electron chi connectivity index (χ3n) is 9.78. The third-order valence-corrected chi connectivity index (χ3v) is 10.5. The molecule has 2 heterocycles. The first-order valence-electron chi connectivity index (χ1n) is 16.8. The fourth-order valence-corrected chi connectivity index (χ4v) is 7.49. The molecule has 3 fully saturated rings. The number of carbonyl (C=O) groups is 6. The van der Waals surface area contributed by atoms with Crippen molar-refractivity contribution in [2.24, 2.45) is 28.9 Å². The number of amides is 5. The Balaban J connectivity index is 1.52. The summed E-state index contributed by atoms with van der Waals surface area (Å²) in [6.45, 7) is 9.81. The standard InChI is InChI=1S/C34H51N5O7S/c1-20(2)23-11-15-39(25(23)29(42)36-24(17-21-9-10-21)26(40)28(35)41)30(43)27(33(3,4)5)37-32(45)38-34(13-7-6-8-14-34)31(44)46-18-22-12-16-47-19-22/h12,16,19-21,23-25,27H,6-11,13-15,17-18H2,1-5H3,(H2,35,41)(H,36,42)(H2,37,38,45)/t23-,24?,25+,27-/m1/s1. The van der Waals surface area contributed by atoms with E-state index in [9.17, 15) is 28.8 Å². The van der Waals surface area contributed by atoms with Crippen molar-refractivity contribution in [2.75, 3.05) is 6.54 Å². The number of hydrogen-bond donors (Lipinski definition) is 4. The van der Waals surface area contributed by atoms with Crippen LogP contribution in [0.15, 0.2) is 16.8 Å². The first-order chi connectivity index (χ1) is 22.1. The Morgan fingerprint density at radius 2 is 1.72 bits per heavy atom. The molecule has 1 aromatic rings. The second kappa shape index (κ2) is 15.2. The Bertz CT molecular complexity index is 1310. The number of rotatable bonds is 13. The van der Waals surface area contributed by atoms with Gasteiger partial charge >= 0.3 is 12.0 Å². The van der Waals surface area contributed by atoms with Gasteiger partial charge in [-0.05, 0) is 65.7 Å². The van der Waals surface area contributed by atoms with Crippen molar-refractivity contribution in [3.63, 3.8) is 0 Å². The van der Waals surface area contributed by atoms with Crippen LogP contribution in [0.3, 0.4) is 0 Å². The molecule has 0 bridgehead atoms. The maximum atomic E-state index is 14.3. The van der Waals surface area contributed by atoms with Crippen LogP contribution in [0.2, 0.25) is 0 Å². The van der Waals surface area contributed by atoms with Crippen molar-refractivity contribution in [3.8, 4) is 0 Å². The lowest BCUT2D eigenvalue weighted by atomic mass is 9.81. The molecule has 4 rings (SSSR count). The average molecular weight is 674 g/mol. The highest BCUT2D eigenvalue weighted by Crippen LogP contribution is 2.36. The fraction of sp³-hybridized carbons (Fsp3) is 0.706. The summed E-state index contributed by atoms with van der Waals surface area (Å²) in [4.78, 5) is 81.2. The van der Waals surface area contributed by atoms with Crippen LogP contribution in [0.4, 0.5) is 4.79 Å². The molecule has 1 unspecified atom stereocenters. The zero-order chi connectivity index (χ0) is 34.5. The molecule has 13 heteroatoms. The van der Waals surface area contributed by atoms with Gasteiger partial charge in [-0.2, -0.15) is 11.3 Å². The third kappa shape index (κ3) is 9.11. The molecule has 2 saturated carbocycles. The zero-order valence-corrected chi connectivity index (χ0v) is 29.1. The van der Waals surface area contributed by atoms with Gasteiger partial charge in [0.1, 0.15) is 24.2 Å². The van der Waals surface area contributed by atoms with E-state index in [4.69, 9.17) is 10.5 Å². The van der Waals surface area contributed by atoms with E-state index >= 15 is 0 Å². The van der Waals surface area contributed by atoms with Gasteiger partial charge in [0.2, 0.25) is 17.6 Å². The molecule has 2 aliphatic carbocycles. The van der Waals surface area contributed by atoms with E-state index in [1.807, 2.05) is 51.4 Å². The zero-order valence-electron chi connectivity index (χ0n) is 28.3. The molecule has 0 aromatic carbocycles. The number of thiophene rings is 1. The topological polar surface area (TPSA) is 177 Å². The molecule has 260 valence electrons. The van der Waals surface area contributed by atoms with E-state index in [0.717, 1.165) is 37.7 Å². The summed E-state index contributed by atoms with van der Waals surface area (Å²) in [5, 5.41) is 12.3. The van der Waals surface area contributed by atoms with Crippen LogP contribution in [0.5, 0.6) is 0 Å². The summed E-state index contributed by atoms with van der Waals surface area (Å²) in [5.41, 5.74) is 4.20. The summed E-state index contributed by atoms with van der Waals surface area (Å²) < 4.78 is 5.65. The van der Waals surface area contributed by atoms with Crippen molar-refractivity contribution >= 4 is 46.8 Å². The number of nitrogens with two attached hydrogens (primary N) is 1. The molecular weight excluding hydrogens is 622 g/mol. The average Bonchev–Trinajstić information content (AvgIpc) is 3.47. The number of nitrogens with one attached hydrogen (secondary N) is 3. The van der Waals surface area contributed by atoms with Gasteiger partial charge in [0.15, 0.2) is 0 Å². The van der Waals surface area contributed by atoms with E-state index in [1.54, 1.807) is 0 Å². The number of carbonyl (C=O) groups excluding carboxylic acids is 6. The normalized spacial score (nSPS) is 22.2. The summed E-state index contributed by atoms with van der Waals surface area (Å²) in [5.74, 6) is -3.34. The van der Waals surface area contributed by atoms with Gasteiger partial charge in [0, 0.05) is 12.1 Å². The number of likely N-dealkylation sites (tertiary alicyclic amines) is 1. The largest absolute Gasteiger partial charge is 0.459 e. The maximum absolute atomic E-state index is 14.3. The highest BCUT2D eigenvalue weighted by molar-refractivity contribution is 7.07. The SMILES string of the molecule is CC(C)[C@H]1CCN(C(=O)[C@@H](NC(=O)NC2(C(=O)OCc3ccsc3)CCCCC2)C(C)(C)C)[C@@H]1C(=O)NC(CC1CC1)C(=O)C(N)=O. The lowest BCUT2D eigenvalue weighted by Gasteiger charge is -2.39. The Hall–Kier alpha value is -3.48. The second-order valence-electron chi connectivity index (χ2n) is 14.9. The van der Waals surface area contributed by atoms with Gasteiger partial charge in [-0.15, -0.1) is 0 Å². The lowest BCUT2D eigenvalue weighted by molar-refractivity contribution is -0.154. The number of hydrogen-bond acceptors (Lipinski definition) is 8. The van der Waals surface area contributed by atoms with E-state index in [-0.39, 0.29) is 30.9 Å². The predicted molar refractivity (Wildman–Crippen MR) is 177 cm³/mol. The van der Waals surface area contributed by atoms with Gasteiger partial charge in [-0.3, -0.25) is 19.2 Å². The Morgan fingerprint density at radius 1 is 1.04 bits per heavy atom. The quantitative estimate of drug-likeness (QED) is 0.183. The first-order valence-corrected chi connectivity index (χ1v) is 17.8. The lowest BCUT2D eigenvalue weighted by Crippen LogP contribution is -2.64. The molecule has 4 atom stereocenters. The number of Topliss-reactive ketones (excluding diaryl/α,β-unsaturated/α-hetero) is 1. The van der Waals surface area contributed by atoms with Gasteiger partial charge in [-0.25, -0.2) is 9.59 Å². The van der Waals surface area contributed by atoms with E-state index in [2.05, 4.69) is 16.0 Å². The van der Waals surface area contributed by atoms with Crippen LogP contribution in [0.25, 0.3) is 0 Å². The number of urea groups is 1. The number of esters is 1. The summed E-state index contributed by atoms with van der Waals surface area (Å²) >= 11 is 1.51. The maximum Gasteiger partial charge on any atom is 0.332 e. The number of nitrogens with zero attached hydrogens (tertiary/aromatic N) is 1. The van der Waals surface area contributed by atoms with E-state index in [1.165, 1.54) is 16.2 Å². The fourth-order valence-electron chi connectivity index (χ4n) is 6.84. The van der Waals surface area contributed by atoms with Crippen LogP contribution in [-0.2, 0) is 35.3 Å². The Morgan fingerprint density at radius 3 is 2.28 bits per heavy atom. The van der Waals surface area contributed by atoms with Crippen LogP contribution in [0.1, 0.15) is 98.0 Å². The highest BCUT2D eigenvalue weighted by atomic mass is 32.1. The van der Waals surface area contributed by atoms with Crippen molar-refractivity contribution in [1.82, 2.24) is 20.9 Å².